The number of hydrogen-bond donors (Lipinski definition) is 4. The molecule has 4 N–H and O–H groups in total. The van der Waals surface area contributed by atoms with Gasteiger partial charge in [0.2, 0.25) is 23.5 Å². The molecule has 4 aliphatic rings. The zero-order valence-electron chi connectivity index (χ0n) is 19.9. The predicted octanol–water partition coefficient (Wildman–Crippen LogP) is 2.90. The van der Waals surface area contributed by atoms with E-state index >= 15 is 0 Å². The maximum absolute atomic E-state index is 4.81. The molecule has 4 heterocycles. The number of ether oxygens (including phenoxy) is 4. The summed E-state index contributed by atoms with van der Waals surface area (Å²) in [5.41, 5.74) is 9.79. The molecule has 0 amide bonds. The second-order valence-corrected chi connectivity index (χ2v) is 9.73. The van der Waals surface area contributed by atoms with Crippen LogP contribution in [0.1, 0.15) is 0 Å². The first-order valence-corrected chi connectivity index (χ1v) is 13.1. The van der Waals surface area contributed by atoms with Crippen LogP contribution in [0.5, 0.6) is 0 Å². The monoisotopic (exact) mass is 794 g/mol. The molecule has 41 heavy (non-hydrogen) atoms. The molecular weight excluding hydrogens is 777 g/mol. The molecule has 21 heteroatoms. The van der Waals surface area contributed by atoms with Crippen molar-refractivity contribution in [2.24, 2.45) is 0 Å². The Hall–Kier alpha value is -2.55. The first kappa shape index (κ1) is 38.4. The van der Waals surface area contributed by atoms with Gasteiger partial charge in [-0.15, -0.1) is 0 Å². The summed E-state index contributed by atoms with van der Waals surface area (Å²) in [4.78, 5) is 18.6. The van der Waals surface area contributed by atoms with Crippen LogP contribution in [0.3, 0.4) is 0 Å². The predicted molar refractivity (Wildman–Crippen MR) is 170 cm³/mol. The largest absolute Gasteiger partial charge is 4.00 e. The van der Waals surface area contributed by atoms with Gasteiger partial charge in [0.15, 0.2) is 0 Å². The van der Waals surface area contributed by atoms with Crippen LogP contribution in [0.4, 0.5) is 0 Å². The van der Waals surface area contributed by atoms with Gasteiger partial charge >= 0.3 is 21.1 Å². The molecule has 0 atom stereocenters. The van der Waals surface area contributed by atoms with Gasteiger partial charge in [-0.2, -0.15) is 21.9 Å². The van der Waals surface area contributed by atoms with Crippen molar-refractivity contribution < 1.29 is 59.4 Å². The summed E-state index contributed by atoms with van der Waals surface area (Å²) >= 11 is 36.1. The van der Waals surface area contributed by atoms with Crippen molar-refractivity contribution in [3.8, 4) is 0 Å². The summed E-state index contributed by atoms with van der Waals surface area (Å²) in [6, 6.07) is 0. The third-order valence-electron chi connectivity index (χ3n) is 2.99. The topological polar surface area (TPSA) is 122 Å². The Bertz CT molecular complexity index is 982. The minimum absolute atomic E-state index is 0. The van der Waals surface area contributed by atoms with Gasteiger partial charge in [0, 0.05) is 41.8 Å². The minimum Gasteiger partial charge on any atom is -0.459 e. The smallest absolute Gasteiger partial charge is 0.459 e. The second kappa shape index (κ2) is 24.1. The van der Waals surface area contributed by atoms with Crippen molar-refractivity contribution in [1.82, 2.24) is 21.9 Å². The van der Waals surface area contributed by atoms with E-state index < -0.39 is 0 Å². The molecule has 0 fully saturated rings. The Kier molecular flexibility index (Phi) is 22.6. The molecule has 12 nitrogen and oxygen atoms in total. The summed E-state index contributed by atoms with van der Waals surface area (Å²) in [5.74, 6) is 1.62. The first-order chi connectivity index (χ1) is 19.2. The van der Waals surface area contributed by atoms with Gasteiger partial charge in [-0.05, 0) is 24.3 Å². The third-order valence-corrected chi connectivity index (χ3v) is 3.65. The average Bonchev–Trinajstić information content (AvgIpc) is 2.91. The number of hydroxylamine groups is 4. The molecule has 0 aromatic carbocycles. The maximum Gasteiger partial charge on any atom is 4.00 e. The number of thiocarbonyl (C=S) groups is 4. The average molecular weight is 793 g/mol. The second-order valence-electron chi connectivity index (χ2n) is 5.73. The molecular formula is C20H16MoN4O8S8. The summed E-state index contributed by atoms with van der Waals surface area (Å²) < 4.78 is 19.4. The van der Waals surface area contributed by atoms with Gasteiger partial charge in [-0.25, -0.2) is 0 Å². The fourth-order valence-corrected chi connectivity index (χ4v) is 2.47. The molecule has 0 saturated heterocycles. The van der Waals surface area contributed by atoms with Crippen LogP contribution in [0.25, 0.3) is 0 Å². The van der Waals surface area contributed by atoms with E-state index in [1.807, 2.05) is 0 Å². The van der Waals surface area contributed by atoms with E-state index in [-0.39, 0.29) is 38.6 Å². The number of hydrogen-bond acceptors (Lipinski definition) is 20. The molecule has 0 radical (unpaired) electrons. The van der Waals surface area contributed by atoms with E-state index in [0.29, 0.717) is 23.5 Å². The molecule has 0 unspecified atom stereocenters. The van der Waals surface area contributed by atoms with Crippen molar-refractivity contribution in [3.05, 3.63) is 97.2 Å². The Morgan fingerprint density at radius 2 is 0.659 bits per heavy atom. The number of rotatable bonds is 4. The molecule has 218 valence electrons. The van der Waals surface area contributed by atoms with Gasteiger partial charge in [-0.3, -0.25) is 0 Å². The molecule has 4 rings (SSSR count). The number of nitrogens with one attached hydrogen (secondary N) is 4. The summed E-state index contributed by atoms with van der Waals surface area (Å²) in [6.07, 6.45) is 19.2. The SMILES string of the molecule is S=C([S-])OC1=CC=CON1.S=C([S-])OC1=CC=CON1.S=C([S-])OC1=CC=CON1.S=C([S-])OC1=CC=CON1.[Mo+4]. The Labute approximate surface area is 293 Å². The fourth-order valence-electron chi connectivity index (χ4n) is 1.75. The Morgan fingerprint density at radius 1 is 0.463 bits per heavy atom. The van der Waals surface area contributed by atoms with E-state index in [2.05, 4.69) is 141 Å². The van der Waals surface area contributed by atoms with Crippen LogP contribution in [0.15, 0.2) is 97.2 Å². The van der Waals surface area contributed by atoms with Crippen LogP contribution < -0.4 is 21.9 Å². The van der Waals surface area contributed by atoms with E-state index in [0.717, 1.165) is 0 Å². The third kappa shape index (κ3) is 22.8. The molecule has 0 aromatic heterocycles. The van der Waals surface area contributed by atoms with Crippen molar-refractivity contribution in [3.63, 3.8) is 0 Å². The van der Waals surface area contributed by atoms with Crippen LogP contribution in [-0.2, 0) is 110 Å². The quantitative estimate of drug-likeness (QED) is 0.190. The zero-order valence-corrected chi connectivity index (χ0v) is 28.4. The first-order valence-electron chi connectivity index (χ1n) is 9.85. The molecule has 0 spiro atoms. The van der Waals surface area contributed by atoms with Crippen LogP contribution in [0.2, 0.25) is 0 Å². The van der Waals surface area contributed by atoms with Crippen LogP contribution >= 0.6 is 48.9 Å². The van der Waals surface area contributed by atoms with Crippen molar-refractivity contribution in [2.75, 3.05) is 0 Å². The Morgan fingerprint density at radius 3 is 0.780 bits per heavy atom. The molecule has 0 aliphatic carbocycles. The van der Waals surface area contributed by atoms with Crippen LogP contribution in [0, 0.1) is 0 Å². The van der Waals surface area contributed by atoms with Crippen molar-refractivity contribution in [1.29, 1.82) is 0 Å². The molecule has 0 aromatic rings. The van der Waals surface area contributed by atoms with E-state index in [9.17, 15) is 0 Å². The molecule has 4 aliphatic heterocycles. The van der Waals surface area contributed by atoms with Gasteiger partial charge in [0.25, 0.3) is 0 Å². The van der Waals surface area contributed by atoms with Gasteiger partial charge in [-0.1, -0.05) is 0 Å². The minimum atomic E-state index is 0. The van der Waals surface area contributed by atoms with E-state index in [1.54, 1.807) is 48.6 Å². The normalized spacial score (nSPS) is 14.2. The van der Waals surface area contributed by atoms with Gasteiger partial charge < -0.3 is 138 Å². The number of allylic oxidation sites excluding steroid dienone is 8. The summed E-state index contributed by atoms with van der Waals surface area (Å²) in [7, 11) is 0. The Balaban J connectivity index is 0.000000516. The van der Waals surface area contributed by atoms with Crippen molar-refractivity contribution in [2.45, 2.75) is 0 Å². The van der Waals surface area contributed by atoms with Crippen molar-refractivity contribution >= 4 is 117 Å². The summed E-state index contributed by atoms with van der Waals surface area (Å²) in [5, 5.41) is 0. The molecule has 0 bridgehead atoms. The van der Waals surface area contributed by atoms with E-state index in [1.165, 1.54) is 25.0 Å². The zero-order chi connectivity index (χ0) is 29.6. The summed E-state index contributed by atoms with van der Waals surface area (Å²) in [6.45, 7) is 0. The van der Waals surface area contributed by atoms with Crippen LogP contribution in [-0.4, -0.2) is 17.5 Å². The molecule has 0 saturated carbocycles. The maximum atomic E-state index is 4.81. The standard InChI is InChI=1S/4C5H5NO2S2.Mo/c4*9-5(10)8-4-2-1-3-7-6-4;/h4*1-3,6H,(H,9,10);/q;;;;+4/p-4. The van der Waals surface area contributed by atoms with E-state index in [4.69, 9.17) is 18.9 Å². The van der Waals surface area contributed by atoms with Gasteiger partial charge in [0.1, 0.15) is 25.0 Å². The fraction of sp³-hybridized carbons (Fsp3) is 0. The van der Waals surface area contributed by atoms with Gasteiger partial charge in [0.05, 0.1) is 0 Å².